The van der Waals surface area contributed by atoms with Gasteiger partial charge in [-0.3, -0.25) is 4.79 Å². The first-order chi connectivity index (χ1) is 28.8. The van der Waals surface area contributed by atoms with Gasteiger partial charge < -0.3 is 40.3 Å². The van der Waals surface area contributed by atoms with Gasteiger partial charge in [0.05, 0.1) is 25.4 Å². The Morgan fingerprint density at radius 3 is 1.49 bits per heavy atom. The highest BCUT2D eigenvalue weighted by Gasteiger charge is 2.44. The molecular formula is C50H93NO8. The largest absolute Gasteiger partial charge is 0.394 e. The average Bonchev–Trinajstić information content (AvgIpc) is 3.23. The maximum atomic E-state index is 13.0. The van der Waals surface area contributed by atoms with Crippen molar-refractivity contribution in [1.29, 1.82) is 0 Å². The zero-order valence-electron chi connectivity index (χ0n) is 38.0. The van der Waals surface area contributed by atoms with Gasteiger partial charge in [0, 0.05) is 6.42 Å². The van der Waals surface area contributed by atoms with Crippen molar-refractivity contribution in [2.75, 3.05) is 13.2 Å². The van der Waals surface area contributed by atoms with Gasteiger partial charge in [0.15, 0.2) is 6.29 Å². The van der Waals surface area contributed by atoms with Crippen LogP contribution in [0.3, 0.4) is 0 Å². The minimum atomic E-state index is -1.57. The SMILES string of the molecule is CCCCC/C=C\C/C=C\CCCCCCCCCC(=O)NC(COC1OC(CO)C(O)C(O)C1O)C(O)/C=C/CCCCCCCCCCCCCCCCCCC. The normalized spacial score (nSPS) is 21.0. The Morgan fingerprint density at radius 2 is 1.00 bits per heavy atom. The van der Waals surface area contributed by atoms with E-state index in [1.165, 1.54) is 141 Å². The fraction of sp³-hybridized carbons (Fsp3) is 0.860. The molecule has 1 aliphatic rings. The summed E-state index contributed by atoms with van der Waals surface area (Å²) in [7, 11) is 0. The first kappa shape index (κ1) is 55.4. The Hall–Kier alpha value is -1.59. The summed E-state index contributed by atoms with van der Waals surface area (Å²) in [6.45, 7) is 3.75. The van der Waals surface area contributed by atoms with E-state index in [0.29, 0.717) is 6.42 Å². The van der Waals surface area contributed by atoms with Crippen LogP contribution in [0, 0.1) is 0 Å². The molecule has 0 aromatic heterocycles. The van der Waals surface area contributed by atoms with Crippen LogP contribution in [0.15, 0.2) is 36.5 Å². The number of amides is 1. The van der Waals surface area contributed by atoms with Crippen molar-refractivity contribution in [1.82, 2.24) is 5.32 Å². The number of nitrogens with one attached hydrogen (secondary N) is 1. The third-order valence-corrected chi connectivity index (χ3v) is 11.7. The highest BCUT2D eigenvalue weighted by Crippen LogP contribution is 2.23. The Balaban J connectivity index is 2.33. The smallest absolute Gasteiger partial charge is 0.220 e. The van der Waals surface area contributed by atoms with Gasteiger partial charge in [0.25, 0.3) is 0 Å². The Morgan fingerprint density at radius 1 is 0.576 bits per heavy atom. The van der Waals surface area contributed by atoms with Gasteiger partial charge in [-0.05, 0) is 51.4 Å². The summed E-state index contributed by atoms with van der Waals surface area (Å²) in [5.74, 6) is -0.185. The lowest BCUT2D eigenvalue weighted by molar-refractivity contribution is -0.302. The van der Waals surface area contributed by atoms with Gasteiger partial charge in [0.2, 0.25) is 5.91 Å². The molecule has 0 saturated carbocycles. The van der Waals surface area contributed by atoms with Gasteiger partial charge in [-0.25, -0.2) is 0 Å². The number of hydrogen-bond acceptors (Lipinski definition) is 8. The Bertz CT molecular complexity index is 1020. The van der Waals surface area contributed by atoms with Gasteiger partial charge in [-0.1, -0.05) is 198 Å². The monoisotopic (exact) mass is 836 g/mol. The van der Waals surface area contributed by atoms with Crippen molar-refractivity contribution in [3.05, 3.63) is 36.5 Å². The van der Waals surface area contributed by atoms with Crippen molar-refractivity contribution in [3.8, 4) is 0 Å². The lowest BCUT2D eigenvalue weighted by Crippen LogP contribution is -2.60. The molecule has 59 heavy (non-hydrogen) atoms. The van der Waals surface area contributed by atoms with Crippen LogP contribution < -0.4 is 5.32 Å². The third-order valence-electron chi connectivity index (χ3n) is 11.7. The number of aliphatic hydroxyl groups is 5. The molecule has 7 atom stereocenters. The molecule has 1 amide bonds. The minimum Gasteiger partial charge on any atom is -0.394 e. The number of hydrogen-bond donors (Lipinski definition) is 6. The zero-order chi connectivity index (χ0) is 43.0. The van der Waals surface area contributed by atoms with E-state index in [1.54, 1.807) is 6.08 Å². The van der Waals surface area contributed by atoms with Crippen LogP contribution in [0.4, 0.5) is 0 Å². The fourth-order valence-electron chi connectivity index (χ4n) is 7.72. The van der Waals surface area contributed by atoms with Crippen LogP contribution >= 0.6 is 0 Å². The van der Waals surface area contributed by atoms with E-state index in [4.69, 9.17) is 9.47 Å². The van der Waals surface area contributed by atoms with Crippen LogP contribution in [-0.2, 0) is 14.3 Å². The standard InChI is InChI=1S/C50H93NO8/c1-3-5-7-9-11-13-15-17-19-21-22-24-25-27-29-31-33-35-37-39-44(53)43(42-58-50-49(57)48(56)47(55)45(41-52)59-50)51-46(54)40-38-36-34-32-30-28-26-23-20-18-16-14-12-10-8-6-4-2/h12,14,18,20,37,39,43-45,47-50,52-53,55-57H,3-11,13,15-17,19,21-36,38,40-42H2,1-2H3,(H,51,54)/b14-12-,20-18-,39-37+. The van der Waals surface area contributed by atoms with Crippen LogP contribution in [0.25, 0.3) is 0 Å². The number of carbonyl (C=O) groups is 1. The Labute approximate surface area is 361 Å². The summed E-state index contributed by atoms with van der Waals surface area (Å²) in [6, 6.07) is -0.808. The van der Waals surface area contributed by atoms with Crippen molar-refractivity contribution >= 4 is 5.91 Å². The third kappa shape index (κ3) is 31.0. The number of ether oxygens (including phenoxy) is 2. The van der Waals surface area contributed by atoms with Crippen LogP contribution in [0.1, 0.15) is 219 Å². The molecule has 7 unspecified atom stereocenters. The van der Waals surface area contributed by atoms with Crippen LogP contribution in [0.5, 0.6) is 0 Å². The highest BCUT2D eigenvalue weighted by atomic mass is 16.7. The molecule has 0 spiro atoms. The molecule has 0 aliphatic carbocycles. The molecular weight excluding hydrogens is 743 g/mol. The molecule has 0 aromatic rings. The van der Waals surface area contributed by atoms with Gasteiger partial charge in [-0.2, -0.15) is 0 Å². The second-order valence-corrected chi connectivity index (χ2v) is 17.3. The predicted octanol–water partition coefficient (Wildman–Crippen LogP) is 10.8. The second kappa shape index (κ2) is 40.5. The van der Waals surface area contributed by atoms with Crippen molar-refractivity contribution in [2.45, 2.75) is 262 Å². The van der Waals surface area contributed by atoms with Gasteiger partial charge in [-0.15, -0.1) is 0 Å². The topological polar surface area (TPSA) is 149 Å². The molecule has 0 aromatic carbocycles. The molecule has 1 aliphatic heterocycles. The summed E-state index contributed by atoms with van der Waals surface area (Å²) in [5.41, 5.74) is 0. The van der Waals surface area contributed by atoms with E-state index in [0.717, 1.165) is 57.8 Å². The summed E-state index contributed by atoms with van der Waals surface area (Å²) in [4.78, 5) is 13.0. The molecule has 6 N–H and O–H groups in total. The molecule has 1 rings (SSSR count). The number of rotatable bonds is 41. The lowest BCUT2D eigenvalue weighted by Gasteiger charge is -2.40. The first-order valence-corrected chi connectivity index (χ1v) is 24.7. The molecule has 9 heteroatoms. The van der Waals surface area contributed by atoms with Gasteiger partial charge in [0.1, 0.15) is 24.4 Å². The maximum Gasteiger partial charge on any atom is 0.220 e. The Kier molecular flexibility index (Phi) is 38.0. The van der Waals surface area contributed by atoms with Crippen molar-refractivity contribution in [3.63, 3.8) is 0 Å². The quantitative estimate of drug-likeness (QED) is 0.0263. The predicted molar refractivity (Wildman–Crippen MR) is 244 cm³/mol. The lowest BCUT2D eigenvalue weighted by atomic mass is 9.99. The maximum absolute atomic E-state index is 13.0. The van der Waals surface area contributed by atoms with Crippen molar-refractivity contribution in [2.24, 2.45) is 0 Å². The molecule has 0 radical (unpaired) electrons. The summed E-state index contributed by atoms with van der Waals surface area (Å²) in [6.07, 6.45) is 43.2. The number of allylic oxidation sites excluding steroid dienone is 5. The molecule has 9 nitrogen and oxygen atoms in total. The average molecular weight is 836 g/mol. The van der Waals surface area contributed by atoms with Crippen molar-refractivity contribution < 1.29 is 39.8 Å². The molecule has 346 valence electrons. The van der Waals surface area contributed by atoms with E-state index in [1.807, 2.05) is 6.08 Å². The number of carbonyl (C=O) groups excluding carboxylic acids is 1. The van der Waals surface area contributed by atoms with Gasteiger partial charge >= 0.3 is 0 Å². The second-order valence-electron chi connectivity index (χ2n) is 17.3. The fourth-order valence-corrected chi connectivity index (χ4v) is 7.72. The first-order valence-electron chi connectivity index (χ1n) is 24.7. The van der Waals surface area contributed by atoms with E-state index < -0.39 is 49.5 Å². The molecule has 0 bridgehead atoms. The zero-order valence-corrected chi connectivity index (χ0v) is 38.0. The number of unbranched alkanes of at least 4 members (excludes halogenated alkanes) is 27. The summed E-state index contributed by atoms with van der Waals surface area (Å²) >= 11 is 0. The van der Waals surface area contributed by atoms with E-state index in [2.05, 4.69) is 43.5 Å². The molecule has 1 saturated heterocycles. The summed E-state index contributed by atoms with van der Waals surface area (Å²) < 4.78 is 11.2. The van der Waals surface area contributed by atoms with E-state index in [-0.39, 0.29) is 12.5 Å². The minimum absolute atomic E-state index is 0.185. The van der Waals surface area contributed by atoms with E-state index >= 15 is 0 Å². The van der Waals surface area contributed by atoms with E-state index in [9.17, 15) is 30.3 Å². The van der Waals surface area contributed by atoms with Crippen LogP contribution in [-0.4, -0.2) is 87.5 Å². The van der Waals surface area contributed by atoms with Crippen LogP contribution in [0.2, 0.25) is 0 Å². The summed E-state index contributed by atoms with van der Waals surface area (Å²) in [5, 5.41) is 54.3. The molecule has 1 heterocycles. The number of aliphatic hydroxyl groups excluding tert-OH is 5. The molecule has 1 fully saturated rings. The highest BCUT2D eigenvalue weighted by molar-refractivity contribution is 5.76.